The highest BCUT2D eigenvalue weighted by Gasteiger charge is 2.64. The summed E-state index contributed by atoms with van der Waals surface area (Å²) in [7, 11) is 0. The molecule has 7 unspecified atom stereocenters. The van der Waals surface area contributed by atoms with Crippen LogP contribution in [0.1, 0.15) is 85.0 Å². The molecule has 2 N–H and O–H groups in total. The van der Waals surface area contributed by atoms with Crippen molar-refractivity contribution in [3.05, 3.63) is 0 Å². The van der Waals surface area contributed by atoms with Crippen molar-refractivity contribution in [3.63, 3.8) is 0 Å². The van der Waals surface area contributed by atoms with Crippen LogP contribution in [0.4, 0.5) is 0 Å². The topological polar surface area (TPSA) is 58.9 Å². The first kappa shape index (κ1) is 21.7. The maximum absolute atomic E-state index is 11.5. The van der Waals surface area contributed by atoms with E-state index in [1.807, 2.05) is 0 Å². The van der Waals surface area contributed by atoms with Crippen molar-refractivity contribution in [2.24, 2.45) is 46.3 Å². The highest BCUT2D eigenvalue weighted by atomic mass is 16.7. The van der Waals surface area contributed by atoms with Crippen LogP contribution in [0.15, 0.2) is 0 Å². The zero-order chi connectivity index (χ0) is 21.1. The predicted molar refractivity (Wildman–Crippen MR) is 117 cm³/mol. The lowest BCUT2D eigenvalue weighted by Crippen LogP contribution is -2.60. The molecule has 4 saturated carbocycles. The van der Waals surface area contributed by atoms with Gasteiger partial charge in [-0.1, -0.05) is 20.8 Å². The van der Waals surface area contributed by atoms with Gasteiger partial charge in [-0.25, -0.2) is 0 Å². The Labute approximate surface area is 183 Å². The van der Waals surface area contributed by atoms with Crippen LogP contribution in [0.3, 0.4) is 0 Å². The first-order valence-corrected chi connectivity index (χ1v) is 12.9. The van der Waals surface area contributed by atoms with Crippen LogP contribution in [0.25, 0.3) is 0 Å². The minimum absolute atomic E-state index is 0.166. The van der Waals surface area contributed by atoms with Gasteiger partial charge in [0.25, 0.3) is 0 Å². The molecule has 1 aliphatic heterocycles. The smallest absolute Gasteiger partial charge is 0.168 e. The number of rotatable bonds is 4. The van der Waals surface area contributed by atoms with E-state index in [1.165, 1.54) is 32.1 Å². The van der Waals surface area contributed by atoms with Gasteiger partial charge < -0.3 is 19.7 Å². The minimum Gasteiger partial charge on any atom is -0.396 e. The monoisotopic (exact) mass is 420 g/mol. The lowest BCUT2D eigenvalue weighted by atomic mass is 9.43. The second kappa shape index (κ2) is 7.71. The number of hydrogen-bond donors (Lipinski definition) is 2. The zero-order valence-corrected chi connectivity index (χ0v) is 19.4. The molecule has 1 saturated heterocycles. The Hall–Kier alpha value is -0.160. The third-order valence-electron chi connectivity index (χ3n) is 11.1. The highest BCUT2D eigenvalue weighted by Crippen LogP contribution is 2.69. The summed E-state index contributed by atoms with van der Waals surface area (Å²) >= 11 is 0. The van der Waals surface area contributed by atoms with Gasteiger partial charge in [-0.3, -0.25) is 0 Å². The van der Waals surface area contributed by atoms with Crippen LogP contribution < -0.4 is 0 Å². The molecule has 172 valence electrons. The normalized spacial score (nSPS) is 50.7. The second-order valence-corrected chi connectivity index (χ2v) is 12.2. The molecule has 5 rings (SSSR count). The number of aliphatic hydroxyl groups is 2. The van der Waals surface area contributed by atoms with E-state index in [-0.39, 0.29) is 11.9 Å². The molecule has 4 aliphatic carbocycles. The number of fused-ring (bicyclic) bond motifs is 5. The minimum atomic E-state index is -0.347. The van der Waals surface area contributed by atoms with Crippen LogP contribution in [-0.2, 0) is 9.47 Å². The van der Waals surface area contributed by atoms with Crippen molar-refractivity contribution in [1.29, 1.82) is 0 Å². The van der Waals surface area contributed by atoms with Gasteiger partial charge in [0.05, 0.1) is 19.3 Å². The summed E-state index contributed by atoms with van der Waals surface area (Å²) in [6.07, 6.45) is 11.2. The molecular weight excluding hydrogens is 376 g/mol. The molecule has 0 amide bonds. The first-order valence-electron chi connectivity index (χ1n) is 12.9. The molecule has 1 heterocycles. The largest absolute Gasteiger partial charge is 0.396 e. The van der Waals surface area contributed by atoms with Crippen LogP contribution in [0.5, 0.6) is 0 Å². The Balaban J connectivity index is 1.37. The first-order chi connectivity index (χ1) is 14.3. The van der Waals surface area contributed by atoms with Crippen LogP contribution in [-0.4, -0.2) is 41.9 Å². The third-order valence-corrected chi connectivity index (χ3v) is 11.1. The molecule has 5 aliphatic rings. The van der Waals surface area contributed by atoms with Gasteiger partial charge in [-0.15, -0.1) is 0 Å². The summed E-state index contributed by atoms with van der Waals surface area (Å²) in [5.41, 5.74) is 0.695. The Morgan fingerprint density at radius 3 is 2.43 bits per heavy atom. The van der Waals surface area contributed by atoms with Gasteiger partial charge in [-0.05, 0) is 97.7 Å². The summed E-state index contributed by atoms with van der Waals surface area (Å²) in [6, 6.07) is 0. The Kier molecular flexibility index (Phi) is 5.57. The second-order valence-electron chi connectivity index (χ2n) is 12.2. The molecule has 4 nitrogen and oxygen atoms in total. The van der Waals surface area contributed by atoms with Crippen LogP contribution in [0.2, 0.25) is 0 Å². The van der Waals surface area contributed by atoms with Crippen molar-refractivity contribution in [2.45, 2.75) is 96.9 Å². The van der Waals surface area contributed by atoms with E-state index in [1.54, 1.807) is 0 Å². The molecule has 0 aromatic rings. The van der Waals surface area contributed by atoms with Crippen LogP contribution in [0, 0.1) is 46.3 Å². The average molecular weight is 421 g/mol. The zero-order valence-electron chi connectivity index (χ0n) is 19.4. The molecule has 0 radical (unpaired) electrons. The van der Waals surface area contributed by atoms with Gasteiger partial charge in [-0.2, -0.15) is 0 Å². The lowest BCUT2D eigenvalue weighted by Gasteiger charge is -2.63. The standard InChI is InChI=1S/C26H44O4/c1-17(5-4-12-27)19-6-7-20-23-21(8-9-25(19,20)3)24(2)10-11-26(29-13-14-30-26)16-18(24)15-22(23)28/h17-23,27-28H,4-16H2,1-3H3/t17-,18+,19?,20?,21?,22?,23?,24?,25?/m1/s1. The fraction of sp³-hybridized carbons (Fsp3) is 1.00. The summed E-state index contributed by atoms with van der Waals surface area (Å²) in [5, 5.41) is 20.8. The average Bonchev–Trinajstić information content (AvgIpc) is 3.32. The van der Waals surface area contributed by atoms with E-state index in [9.17, 15) is 10.2 Å². The molecule has 4 heteroatoms. The number of ether oxygens (including phenoxy) is 2. The summed E-state index contributed by atoms with van der Waals surface area (Å²) in [6.45, 7) is 9.29. The van der Waals surface area contributed by atoms with Gasteiger partial charge in [0.15, 0.2) is 5.79 Å². The van der Waals surface area contributed by atoms with E-state index in [2.05, 4.69) is 20.8 Å². The van der Waals surface area contributed by atoms with Gasteiger partial charge in [0.1, 0.15) is 0 Å². The van der Waals surface area contributed by atoms with Crippen molar-refractivity contribution in [3.8, 4) is 0 Å². The molecule has 9 atom stereocenters. The maximum atomic E-state index is 11.5. The molecule has 1 spiro atoms. The molecule has 30 heavy (non-hydrogen) atoms. The van der Waals surface area contributed by atoms with E-state index in [0.717, 1.165) is 51.2 Å². The van der Waals surface area contributed by atoms with Gasteiger partial charge in [0.2, 0.25) is 0 Å². The third kappa shape index (κ3) is 3.15. The predicted octanol–water partition coefficient (Wildman–Crippen LogP) is 4.77. The molecule has 0 bridgehead atoms. The van der Waals surface area contributed by atoms with E-state index in [0.29, 0.717) is 47.0 Å². The Morgan fingerprint density at radius 2 is 1.70 bits per heavy atom. The number of hydrogen-bond acceptors (Lipinski definition) is 4. The van der Waals surface area contributed by atoms with Crippen LogP contribution >= 0.6 is 0 Å². The van der Waals surface area contributed by atoms with E-state index in [4.69, 9.17) is 9.47 Å². The van der Waals surface area contributed by atoms with E-state index >= 15 is 0 Å². The number of aliphatic hydroxyl groups excluding tert-OH is 2. The fourth-order valence-electron chi connectivity index (χ4n) is 9.51. The van der Waals surface area contributed by atoms with Crippen molar-refractivity contribution in [2.75, 3.05) is 19.8 Å². The summed E-state index contributed by atoms with van der Waals surface area (Å²) in [4.78, 5) is 0. The van der Waals surface area contributed by atoms with Crippen molar-refractivity contribution >= 4 is 0 Å². The lowest BCUT2D eigenvalue weighted by molar-refractivity contribution is -0.243. The Morgan fingerprint density at radius 1 is 0.967 bits per heavy atom. The molecule has 5 fully saturated rings. The highest BCUT2D eigenvalue weighted by molar-refractivity contribution is 5.12. The molecular formula is C26H44O4. The Bertz CT molecular complexity index is 631. The maximum Gasteiger partial charge on any atom is 0.168 e. The molecule has 0 aromatic carbocycles. The van der Waals surface area contributed by atoms with Crippen molar-refractivity contribution in [1.82, 2.24) is 0 Å². The SMILES string of the molecule is C[C@H](CCCO)C1CCC2C3C(O)C[C@H]4CC5(CCC4(C)C3CCC21C)OCCO5. The van der Waals surface area contributed by atoms with Crippen molar-refractivity contribution < 1.29 is 19.7 Å². The fourth-order valence-corrected chi connectivity index (χ4v) is 9.51. The quantitative estimate of drug-likeness (QED) is 0.688. The van der Waals surface area contributed by atoms with Gasteiger partial charge in [0, 0.05) is 19.4 Å². The summed E-state index contributed by atoms with van der Waals surface area (Å²) in [5.74, 6) is 3.39. The molecule has 0 aromatic heterocycles. The van der Waals surface area contributed by atoms with E-state index < -0.39 is 0 Å². The van der Waals surface area contributed by atoms with Gasteiger partial charge >= 0.3 is 0 Å². The summed E-state index contributed by atoms with van der Waals surface area (Å²) < 4.78 is 12.2.